The van der Waals surface area contributed by atoms with Crippen molar-refractivity contribution in [1.82, 2.24) is 24.8 Å². The second kappa shape index (κ2) is 8.36. The van der Waals surface area contributed by atoms with E-state index < -0.39 is 0 Å². The first-order valence-electron chi connectivity index (χ1n) is 9.79. The number of methoxy groups -OCH3 is 1. The maximum Gasteiger partial charge on any atom is 0.276 e. The Morgan fingerprint density at radius 2 is 1.53 bits per heavy atom. The van der Waals surface area contributed by atoms with Crippen molar-refractivity contribution in [2.24, 2.45) is 0 Å². The predicted octanol–water partition coefficient (Wildman–Crippen LogP) is 2.18. The number of amides is 2. The molecule has 1 aliphatic heterocycles. The number of benzene rings is 2. The Morgan fingerprint density at radius 1 is 0.867 bits per heavy atom. The van der Waals surface area contributed by atoms with Crippen molar-refractivity contribution in [1.29, 1.82) is 0 Å². The van der Waals surface area contributed by atoms with Crippen LogP contribution in [0.5, 0.6) is 5.75 Å². The number of piperazine rings is 1. The van der Waals surface area contributed by atoms with Crippen molar-refractivity contribution < 1.29 is 14.3 Å². The van der Waals surface area contributed by atoms with Crippen molar-refractivity contribution in [2.75, 3.05) is 33.3 Å². The van der Waals surface area contributed by atoms with E-state index in [1.807, 2.05) is 30.3 Å². The van der Waals surface area contributed by atoms with E-state index in [4.69, 9.17) is 4.74 Å². The van der Waals surface area contributed by atoms with Crippen molar-refractivity contribution in [3.8, 4) is 11.4 Å². The molecule has 154 valence electrons. The first kappa shape index (κ1) is 19.6. The van der Waals surface area contributed by atoms with Crippen LogP contribution in [0.3, 0.4) is 0 Å². The molecule has 1 aromatic heterocycles. The molecular formula is C22H23N5O3. The fourth-order valence-corrected chi connectivity index (χ4v) is 3.45. The lowest BCUT2D eigenvalue weighted by Gasteiger charge is -2.34. The van der Waals surface area contributed by atoms with Gasteiger partial charge < -0.3 is 14.5 Å². The lowest BCUT2D eigenvalue weighted by atomic mass is 10.1. The second-order valence-corrected chi connectivity index (χ2v) is 7.08. The summed E-state index contributed by atoms with van der Waals surface area (Å²) in [6.07, 6.45) is 0. The van der Waals surface area contributed by atoms with Crippen LogP contribution >= 0.6 is 0 Å². The molecular weight excluding hydrogens is 382 g/mol. The van der Waals surface area contributed by atoms with Crippen LogP contribution in [0.15, 0.2) is 54.6 Å². The van der Waals surface area contributed by atoms with E-state index in [2.05, 4.69) is 10.2 Å². The molecule has 0 N–H and O–H groups in total. The first-order valence-corrected chi connectivity index (χ1v) is 9.79. The summed E-state index contributed by atoms with van der Waals surface area (Å²) in [6, 6.07) is 16.6. The number of hydrogen-bond donors (Lipinski definition) is 0. The van der Waals surface area contributed by atoms with Crippen LogP contribution in [0.4, 0.5) is 0 Å². The highest BCUT2D eigenvalue weighted by molar-refractivity contribution is 5.95. The van der Waals surface area contributed by atoms with Crippen molar-refractivity contribution >= 4 is 11.8 Å². The number of aromatic nitrogens is 3. The zero-order chi connectivity index (χ0) is 21.1. The highest BCUT2D eigenvalue weighted by Gasteiger charge is 2.28. The molecule has 0 atom stereocenters. The number of nitrogens with zero attached hydrogens (tertiary/aromatic N) is 5. The number of carbonyl (C=O) groups is 2. The minimum absolute atomic E-state index is 0.0628. The number of aryl methyl sites for hydroxylation is 1. The fraction of sp³-hybridized carbons (Fsp3) is 0.273. The molecule has 2 aromatic carbocycles. The average Bonchev–Trinajstić information content (AvgIpc) is 3.20. The van der Waals surface area contributed by atoms with Gasteiger partial charge in [-0.05, 0) is 37.3 Å². The van der Waals surface area contributed by atoms with Crippen molar-refractivity contribution in [3.05, 3.63) is 71.5 Å². The van der Waals surface area contributed by atoms with E-state index in [9.17, 15) is 9.59 Å². The molecule has 2 heterocycles. The highest BCUT2D eigenvalue weighted by atomic mass is 16.5. The molecule has 8 nitrogen and oxygen atoms in total. The summed E-state index contributed by atoms with van der Waals surface area (Å²) >= 11 is 0. The summed E-state index contributed by atoms with van der Waals surface area (Å²) in [6.45, 7) is 3.61. The summed E-state index contributed by atoms with van der Waals surface area (Å²) in [5, 5.41) is 8.77. The van der Waals surface area contributed by atoms with Gasteiger partial charge in [-0.1, -0.05) is 24.3 Å². The molecule has 3 aromatic rings. The number of ether oxygens (including phenoxy) is 1. The lowest BCUT2D eigenvalue weighted by molar-refractivity contribution is 0.0531. The van der Waals surface area contributed by atoms with Crippen LogP contribution in [0, 0.1) is 6.92 Å². The number of hydrogen-bond acceptors (Lipinski definition) is 5. The lowest BCUT2D eigenvalue weighted by Crippen LogP contribution is -2.50. The molecule has 1 aliphatic rings. The Morgan fingerprint density at radius 3 is 2.20 bits per heavy atom. The van der Waals surface area contributed by atoms with Gasteiger partial charge in [-0.15, -0.1) is 5.10 Å². The van der Waals surface area contributed by atoms with Crippen LogP contribution < -0.4 is 4.74 Å². The van der Waals surface area contributed by atoms with Gasteiger partial charge in [0, 0.05) is 31.7 Å². The molecule has 0 radical (unpaired) electrons. The Kier molecular flexibility index (Phi) is 5.47. The van der Waals surface area contributed by atoms with Crippen LogP contribution in [0.2, 0.25) is 0 Å². The van der Waals surface area contributed by atoms with Gasteiger partial charge in [-0.3, -0.25) is 9.59 Å². The summed E-state index contributed by atoms with van der Waals surface area (Å²) < 4.78 is 5.20. The second-order valence-electron chi connectivity index (χ2n) is 7.08. The van der Waals surface area contributed by atoms with Crippen LogP contribution in [-0.4, -0.2) is 69.9 Å². The van der Waals surface area contributed by atoms with Crippen LogP contribution in [0.1, 0.15) is 26.5 Å². The van der Waals surface area contributed by atoms with E-state index in [1.165, 1.54) is 4.80 Å². The third kappa shape index (κ3) is 3.89. The third-order valence-corrected chi connectivity index (χ3v) is 5.14. The quantitative estimate of drug-likeness (QED) is 0.665. The van der Waals surface area contributed by atoms with Crippen molar-refractivity contribution in [3.63, 3.8) is 0 Å². The van der Waals surface area contributed by atoms with Gasteiger partial charge in [0.25, 0.3) is 11.8 Å². The van der Waals surface area contributed by atoms with Gasteiger partial charge in [-0.2, -0.15) is 9.90 Å². The minimum atomic E-state index is -0.164. The Balaban J connectivity index is 1.42. The Bertz CT molecular complexity index is 1060. The maximum absolute atomic E-state index is 13.0. The Labute approximate surface area is 174 Å². The maximum atomic E-state index is 13.0. The molecule has 0 unspecified atom stereocenters. The van der Waals surface area contributed by atoms with E-state index in [0.29, 0.717) is 48.9 Å². The zero-order valence-electron chi connectivity index (χ0n) is 17.0. The van der Waals surface area contributed by atoms with Gasteiger partial charge in [0.2, 0.25) is 0 Å². The minimum Gasteiger partial charge on any atom is -0.497 e. The van der Waals surface area contributed by atoms with Crippen molar-refractivity contribution in [2.45, 2.75) is 6.92 Å². The van der Waals surface area contributed by atoms with Gasteiger partial charge in [0.15, 0.2) is 5.69 Å². The van der Waals surface area contributed by atoms with E-state index >= 15 is 0 Å². The molecule has 2 amide bonds. The summed E-state index contributed by atoms with van der Waals surface area (Å²) in [5.74, 6) is 0.419. The standard InChI is InChI=1S/C22H23N5O3/c1-16-20(24-27(23-16)18-8-4-3-5-9-18)22(29)26-13-11-25(12-14-26)21(28)17-7-6-10-19(15-17)30-2/h3-10,15H,11-14H2,1-2H3. The topological polar surface area (TPSA) is 80.6 Å². The first-order chi connectivity index (χ1) is 14.6. The highest BCUT2D eigenvalue weighted by Crippen LogP contribution is 2.17. The predicted molar refractivity (Wildman–Crippen MR) is 111 cm³/mol. The monoisotopic (exact) mass is 405 g/mol. The smallest absolute Gasteiger partial charge is 0.276 e. The van der Waals surface area contributed by atoms with E-state index in [-0.39, 0.29) is 11.8 Å². The molecule has 0 saturated carbocycles. The number of rotatable bonds is 4. The normalized spacial score (nSPS) is 13.9. The third-order valence-electron chi connectivity index (χ3n) is 5.14. The SMILES string of the molecule is COc1cccc(C(=O)N2CCN(C(=O)c3nn(-c4ccccc4)nc3C)CC2)c1. The molecule has 8 heteroatoms. The number of para-hydroxylation sites is 1. The molecule has 0 spiro atoms. The molecule has 30 heavy (non-hydrogen) atoms. The van der Waals surface area contributed by atoms with Gasteiger partial charge in [-0.25, -0.2) is 0 Å². The van der Waals surface area contributed by atoms with Gasteiger partial charge in [0.05, 0.1) is 18.5 Å². The van der Waals surface area contributed by atoms with Gasteiger partial charge >= 0.3 is 0 Å². The zero-order valence-corrected chi connectivity index (χ0v) is 17.0. The van der Waals surface area contributed by atoms with E-state index in [0.717, 1.165) is 5.69 Å². The number of carbonyl (C=O) groups excluding carboxylic acids is 2. The van der Waals surface area contributed by atoms with Crippen LogP contribution in [-0.2, 0) is 0 Å². The van der Waals surface area contributed by atoms with E-state index in [1.54, 1.807) is 48.1 Å². The molecule has 0 bridgehead atoms. The fourth-order valence-electron chi connectivity index (χ4n) is 3.45. The largest absolute Gasteiger partial charge is 0.497 e. The Hall–Kier alpha value is -3.68. The van der Waals surface area contributed by atoms with Crippen LogP contribution in [0.25, 0.3) is 5.69 Å². The molecule has 1 saturated heterocycles. The summed E-state index contributed by atoms with van der Waals surface area (Å²) in [4.78, 5) is 30.7. The molecule has 0 aliphatic carbocycles. The molecule has 4 rings (SSSR count). The van der Waals surface area contributed by atoms with Gasteiger partial charge in [0.1, 0.15) is 5.75 Å². The average molecular weight is 405 g/mol. The summed E-state index contributed by atoms with van der Waals surface area (Å²) in [7, 11) is 1.57. The summed E-state index contributed by atoms with van der Waals surface area (Å²) in [5.41, 5.74) is 2.30. The molecule has 1 fully saturated rings.